The van der Waals surface area contributed by atoms with Gasteiger partial charge in [0, 0.05) is 6.42 Å². The lowest BCUT2D eigenvalue weighted by atomic mass is 10.1. The summed E-state index contributed by atoms with van der Waals surface area (Å²) in [6, 6.07) is -5.37. The molecular weight excluding hydrogens is 400 g/mol. The predicted molar refractivity (Wildman–Crippen MR) is 104 cm³/mol. The zero-order valence-electron chi connectivity index (χ0n) is 17.4. The van der Waals surface area contributed by atoms with E-state index in [1.165, 1.54) is 27.7 Å². The van der Waals surface area contributed by atoms with Crippen molar-refractivity contribution in [3.05, 3.63) is 0 Å². The normalized spacial score (nSPS) is 15.5. The minimum absolute atomic E-state index is 0.166. The fourth-order valence-electron chi connectivity index (χ4n) is 2.04. The average molecular weight is 430 g/mol. The molecule has 13 heteroatoms. The highest BCUT2D eigenvalue weighted by Crippen LogP contribution is 2.00. The summed E-state index contributed by atoms with van der Waals surface area (Å²) in [5.74, 6) is -4.80. The van der Waals surface area contributed by atoms with E-state index < -0.39 is 65.7 Å². The fourth-order valence-corrected chi connectivity index (χ4v) is 2.04. The number of nitrogens with two attached hydrogens (primary N) is 2. The lowest BCUT2D eigenvalue weighted by molar-refractivity contribution is -0.142. The van der Waals surface area contributed by atoms with Gasteiger partial charge in [-0.1, -0.05) is 0 Å². The van der Waals surface area contributed by atoms with Crippen LogP contribution in [-0.4, -0.2) is 70.8 Å². The van der Waals surface area contributed by atoms with Crippen LogP contribution >= 0.6 is 0 Å². The van der Waals surface area contributed by atoms with Crippen molar-refractivity contribution in [3.63, 3.8) is 0 Å². The van der Waals surface area contributed by atoms with Gasteiger partial charge in [-0.05, 0) is 34.1 Å². The monoisotopic (exact) mass is 430 g/mol. The number of amides is 5. The smallest absolute Gasteiger partial charge is 0.325 e. The van der Waals surface area contributed by atoms with Crippen LogP contribution < -0.4 is 32.7 Å². The van der Waals surface area contributed by atoms with Gasteiger partial charge in [-0.25, -0.2) is 0 Å². The van der Waals surface area contributed by atoms with Gasteiger partial charge in [-0.15, -0.1) is 0 Å². The minimum Gasteiger partial charge on any atom is -0.480 e. The third-order valence-corrected chi connectivity index (χ3v) is 3.96. The van der Waals surface area contributed by atoms with Crippen LogP contribution in [0.25, 0.3) is 0 Å². The molecule has 0 aliphatic carbocycles. The lowest BCUT2D eigenvalue weighted by Crippen LogP contribution is -2.57. The zero-order valence-corrected chi connectivity index (χ0v) is 17.4. The van der Waals surface area contributed by atoms with E-state index in [1.807, 2.05) is 0 Å². The maximum Gasteiger partial charge on any atom is 0.325 e. The largest absolute Gasteiger partial charge is 0.480 e. The molecular formula is C17H30N6O7. The van der Waals surface area contributed by atoms with Gasteiger partial charge in [0.15, 0.2) is 0 Å². The maximum atomic E-state index is 12.4. The molecule has 0 bridgehead atoms. The molecule has 0 rings (SSSR count). The van der Waals surface area contributed by atoms with Crippen molar-refractivity contribution in [2.24, 2.45) is 11.5 Å². The minimum atomic E-state index is -1.29. The quantitative estimate of drug-likeness (QED) is 0.165. The van der Waals surface area contributed by atoms with E-state index in [9.17, 15) is 28.8 Å². The van der Waals surface area contributed by atoms with Gasteiger partial charge in [0.2, 0.25) is 29.5 Å². The van der Waals surface area contributed by atoms with E-state index in [0.29, 0.717) is 0 Å². The van der Waals surface area contributed by atoms with Crippen LogP contribution in [0.1, 0.15) is 40.5 Å². The molecule has 0 saturated carbocycles. The summed E-state index contributed by atoms with van der Waals surface area (Å²) >= 11 is 0. The highest BCUT2D eigenvalue weighted by atomic mass is 16.4. The first-order chi connectivity index (χ1) is 13.8. The van der Waals surface area contributed by atoms with Gasteiger partial charge < -0.3 is 37.8 Å². The number of rotatable bonds is 12. The molecule has 5 atom stereocenters. The summed E-state index contributed by atoms with van der Waals surface area (Å²) in [7, 11) is 0. The molecule has 0 spiro atoms. The molecule has 13 nitrogen and oxygen atoms in total. The highest BCUT2D eigenvalue weighted by molar-refractivity contribution is 5.95. The molecule has 170 valence electrons. The Balaban J connectivity index is 5.00. The summed E-state index contributed by atoms with van der Waals surface area (Å²) in [6.07, 6.45) is -0.401. The number of hydrogen-bond acceptors (Lipinski definition) is 7. The van der Waals surface area contributed by atoms with Gasteiger partial charge in [0.25, 0.3) is 0 Å². The van der Waals surface area contributed by atoms with Gasteiger partial charge in [0.1, 0.15) is 24.2 Å². The van der Waals surface area contributed by atoms with Crippen molar-refractivity contribution in [2.45, 2.75) is 70.7 Å². The first-order valence-electron chi connectivity index (χ1n) is 9.24. The maximum absolute atomic E-state index is 12.4. The molecule has 0 aromatic heterocycles. The molecule has 0 heterocycles. The van der Waals surface area contributed by atoms with Gasteiger partial charge >= 0.3 is 5.97 Å². The topological polar surface area (TPSA) is 223 Å². The Kier molecular flexibility index (Phi) is 11.0. The summed E-state index contributed by atoms with van der Waals surface area (Å²) in [5.41, 5.74) is 10.5. The van der Waals surface area contributed by atoms with Crippen molar-refractivity contribution in [2.75, 3.05) is 0 Å². The van der Waals surface area contributed by atoms with Crippen LogP contribution in [0.2, 0.25) is 0 Å². The van der Waals surface area contributed by atoms with Gasteiger partial charge in [0.05, 0.1) is 6.04 Å². The van der Waals surface area contributed by atoms with Crippen LogP contribution in [0.5, 0.6) is 0 Å². The van der Waals surface area contributed by atoms with E-state index in [4.69, 9.17) is 16.6 Å². The third-order valence-electron chi connectivity index (χ3n) is 3.96. The number of carboxylic acid groups (broad SMARTS) is 1. The van der Waals surface area contributed by atoms with E-state index in [2.05, 4.69) is 21.3 Å². The SMILES string of the molecule is C[C@H](N)C(=O)N[C@@H](C)C(=O)N[C@@H](C)C(=O)N[C@@H](CCC(N)=O)C(=O)N[C@@H](C)C(=O)O. The second kappa shape index (κ2) is 12.4. The van der Waals surface area contributed by atoms with E-state index >= 15 is 0 Å². The second-order valence-corrected chi connectivity index (χ2v) is 6.88. The Hall–Kier alpha value is -3.22. The molecule has 0 radical (unpaired) electrons. The van der Waals surface area contributed by atoms with Crippen LogP contribution in [0.15, 0.2) is 0 Å². The number of hydrogen-bond donors (Lipinski definition) is 7. The lowest BCUT2D eigenvalue weighted by Gasteiger charge is -2.23. The molecule has 0 saturated heterocycles. The molecule has 5 amide bonds. The van der Waals surface area contributed by atoms with Crippen molar-refractivity contribution in [3.8, 4) is 0 Å². The standard InChI is InChI=1S/C17H30N6O7/c1-7(18)13(25)20-8(2)14(26)21-9(3)15(27)23-11(5-6-12(19)24)16(28)22-10(4)17(29)30/h7-11H,5-6,18H2,1-4H3,(H2,19,24)(H,20,25)(H,21,26)(H,22,28)(H,23,27)(H,29,30)/t7-,8-,9-,10-,11-/m0/s1. The third kappa shape index (κ3) is 9.82. The Bertz CT molecular complexity index is 682. The number of carbonyl (C=O) groups is 6. The van der Waals surface area contributed by atoms with Crippen LogP contribution in [0.4, 0.5) is 0 Å². The average Bonchev–Trinajstić information content (AvgIpc) is 2.63. The first kappa shape index (κ1) is 26.8. The summed E-state index contributed by atoms with van der Waals surface area (Å²) in [5, 5.41) is 18.2. The Labute approximate surface area is 173 Å². The molecule has 0 aliphatic rings. The Morgan fingerprint density at radius 2 is 1.17 bits per heavy atom. The molecule has 30 heavy (non-hydrogen) atoms. The Morgan fingerprint density at radius 1 is 0.733 bits per heavy atom. The molecule has 9 N–H and O–H groups in total. The zero-order chi connectivity index (χ0) is 23.6. The van der Waals surface area contributed by atoms with Gasteiger partial charge in [-0.2, -0.15) is 0 Å². The first-order valence-corrected chi connectivity index (χ1v) is 9.24. The second-order valence-electron chi connectivity index (χ2n) is 6.88. The van der Waals surface area contributed by atoms with Gasteiger partial charge in [-0.3, -0.25) is 28.8 Å². The Morgan fingerprint density at radius 3 is 1.60 bits per heavy atom. The predicted octanol–water partition coefficient (Wildman–Crippen LogP) is -3.32. The van der Waals surface area contributed by atoms with Crippen molar-refractivity contribution in [1.29, 1.82) is 0 Å². The van der Waals surface area contributed by atoms with E-state index in [0.717, 1.165) is 0 Å². The van der Waals surface area contributed by atoms with Crippen molar-refractivity contribution in [1.82, 2.24) is 21.3 Å². The number of primary amides is 1. The van der Waals surface area contributed by atoms with Crippen LogP contribution in [-0.2, 0) is 28.8 Å². The summed E-state index contributed by atoms with van der Waals surface area (Å²) in [6.45, 7) is 5.42. The molecule has 0 aromatic rings. The summed E-state index contributed by atoms with van der Waals surface area (Å²) < 4.78 is 0. The van der Waals surface area contributed by atoms with E-state index in [1.54, 1.807) is 0 Å². The number of nitrogens with one attached hydrogen (secondary N) is 4. The van der Waals surface area contributed by atoms with Crippen molar-refractivity contribution < 1.29 is 33.9 Å². The molecule has 0 aromatic carbocycles. The molecule has 0 aliphatic heterocycles. The number of carbonyl (C=O) groups excluding carboxylic acids is 5. The molecule has 0 unspecified atom stereocenters. The van der Waals surface area contributed by atoms with Crippen molar-refractivity contribution >= 4 is 35.5 Å². The number of aliphatic carboxylic acids is 1. The summed E-state index contributed by atoms with van der Waals surface area (Å²) in [4.78, 5) is 70.2. The molecule has 0 fully saturated rings. The highest BCUT2D eigenvalue weighted by Gasteiger charge is 2.28. The van der Waals surface area contributed by atoms with Crippen LogP contribution in [0.3, 0.4) is 0 Å². The van der Waals surface area contributed by atoms with E-state index in [-0.39, 0.29) is 12.8 Å². The van der Waals surface area contributed by atoms with Crippen LogP contribution in [0, 0.1) is 0 Å². The fraction of sp³-hybridized carbons (Fsp3) is 0.647. The number of carboxylic acids is 1.